The lowest BCUT2D eigenvalue weighted by Gasteiger charge is -2.10. The summed E-state index contributed by atoms with van der Waals surface area (Å²) in [5, 5.41) is 2.49. The number of rotatable bonds is 5. The predicted molar refractivity (Wildman–Crippen MR) is 81.9 cm³/mol. The fourth-order valence-electron chi connectivity index (χ4n) is 1.61. The Morgan fingerprint density at radius 3 is 2.23 bits per heavy atom. The molecule has 7 nitrogen and oxygen atoms in total. The molecule has 3 N–H and O–H groups in total. The van der Waals surface area contributed by atoms with Gasteiger partial charge in [0.15, 0.2) is 0 Å². The average molecular weight is 321 g/mol. The first kappa shape index (κ1) is 15.8. The monoisotopic (exact) mass is 321 g/mol. The van der Waals surface area contributed by atoms with Crippen molar-refractivity contribution in [2.24, 2.45) is 0 Å². The fraction of sp³-hybridized carbons (Fsp3) is 0.0714. The van der Waals surface area contributed by atoms with Crippen molar-refractivity contribution in [2.45, 2.75) is 4.90 Å². The van der Waals surface area contributed by atoms with Crippen LogP contribution in [0, 0.1) is 0 Å². The number of ether oxygens (including phenoxy) is 1. The van der Waals surface area contributed by atoms with Gasteiger partial charge in [-0.25, -0.2) is 13.2 Å². The zero-order valence-electron chi connectivity index (χ0n) is 11.7. The van der Waals surface area contributed by atoms with Crippen molar-refractivity contribution in [2.75, 3.05) is 12.4 Å². The van der Waals surface area contributed by atoms with Gasteiger partial charge < -0.3 is 10.1 Å². The van der Waals surface area contributed by atoms with Crippen LogP contribution in [0.2, 0.25) is 0 Å². The van der Waals surface area contributed by atoms with Gasteiger partial charge in [-0.15, -0.1) is 4.83 Å². The quantitative estimate of drug-likeness (QED) is 0.730. The van der Waals surface area contributed by atoms with Crippen LogP contribution in [0.1, 0.15) is 0 Å². The van der Waals surface area contributed by atoms with Crippen molar-refractivity contribution in [3.05, 3.63) is 54.6 Å². The number of hydrogen-bond donors (Lipinski definition) is 3. The first-order valence-electron chi connectivity index (χ1n) is 6.29. The minimum atomic E-state index is -3.85. The van der Waals surface area contributed by atoms with Crippen molar-refractivity contribution >= 4 is 21.7 Å². The molecular formula is C14H15N3O4S. The third-order valence-corrected chi connectivity index (χ3v) is 3.96. The van der Waals surface area contributed by atoms with Gasteiger partial charge in [0.1, 0.15) is 5.75 Å². The Hall–Kier alpha value is -2.58. The van der Waals surface area contributed by atoms with Crippen LogP contribution in [0.4, 0.5) is 10.5 Å². The molecule has 0 aliphatic rings. The second-order valence-corrected chi connectivity index (χ2v) is 5.91. The van der Waals surface area contributed by atoms with Crippen LogP contribution in [0.3, 0.4) is 0 Å². The molecule has 0 aliphatic heterocycles. The number of para-hydroxylation sites is 1. The van der Waals surface area contributed by atoms with Crippen LogP contribution in [0.5, 0.6) is 5.75 Å². The first-order valence-corrected chi connectivity index (χ1v) is 7.77. The number of anilines is 1. The molecule has 2 rings (SSSR count). The highest BCUT2D eigenvalue weighted by molar-refractivity contribution is 7.89. The molecular weight excluding hydrogens is 306 g/mol. The van der Waals surface area contributed by atoms with E-state index in [-0.39, 0.29) is 4.90 Å². The number of sulfonamides is 1. The average Bonchev–Trinajstić information content (AvgIpc) is 2.54. The normalized spacial score (nSPS) is 10.8. The number of carbonyl (C=O) groups is 1. The highest BCUT2D eigenvalue weighted by Crippen LogP contribution is 2.14. The van der Waals surface area contributed by atoms with Gasteiger partial charge in [-0.1, -0.05) is 18.2 Å². The maximum absolute atomic E-state index is 12.0. The summed E-state index contributed by atoms with van der Waals surface area (Å²) in [6, 6.07) is 13.7. The lowest BCUT2D eigenvalue weighted by molar-refractivity contribution is 0.250. The molecule has 8 heteroatoms. The van der Waals surface area contributed by atoms with Gasteiger partial charge in [0.2, 0.25) is 0 Å². The number of hydrogen-bond acceptors (Lipinski definition) is 4. The van der Waals surface area contributed by atoms with Crippen LogP contribution in [0.15, 0.2) is 59.5 Å². The molecule has 0 bridgehead atoms. The molecule has 0 aliphatic carbocycles. The molecule has 0 radical (unpaired) electrons. The van der Waals surface area contributed by atoms with Crippen molar-refractivity contribution < 1.29 is 17.9 Å². The zero-order chi connectivity index (χ0) is 16.0. The van der Waals surface area contributed by atoms with E-state index in [0.717, 1.165) is 0 Å². The molecule has 2 aromatic carbocycles. The predicted octanol–water partition coefficient (Wildman–Crippen LogP) is 1.71. The third kappa shape index (κ3) is 4.21. The number of hydrazine groups is 1. The van der Waals surface area contributed by atoms with Crippen molar-refractivity contribution in [1.82, 2.24) is 10.3 Å². The van der Waals surface area contributed by atoms with Gasteiger partial charge in [0, 0.05) is 5.69 Å². The fourth-order valence-corrected chi connectivity index (χ4v) is 2.45. The minimum absolute atomic E-state index is 0.00770. The third-order valence-electron chi connectivity index (χ3n) is 2.70. The Balaban J connectivity index is 1.95. The molecule has 116 valence electrons. The lowest BCUT2D eigenvalue weighted by atomic mass is 10.3. The Labute approximate surface area is 128 Å². The molecule has 0 heterocycles. The van der Waals surface area contributed by atoms with Crippen LogP contribution in [-0.2, 0) is 10.0 Å². The van der Waals surface area contributed by atoms with E-state index in [9.17, 15) is 13.2 Å². The number of urea groups is 1. The van der Waals surface area contributed by atoms with E-state index in [1.807, 2.05) is 4.83 Å². The first-order chi connectivity index (χ1) is 10.5. The summed E-state index contributed by atoms with van der Waals surface area (Å²) in [6.07, 6.45) is 0. The van der Waals surface area contributed by atoms with Crippen LogP contribution in [0.25, 0.3) is 0 Å². The Morgan fingerprint density at radius 2 is 1.64 bits per heavy atom. The van der Waals surface area contributed by atoms with Crippen LogP contribution >= 0.6 is 0 Å². The van der Waals surface area contributed by atoms with E-state index in [2.05, 4.69) is 10.7 Å². The maximum Gasteiger partial charge on any atom is 0.334 e. The summed E-state index contributed by atoms with van der Waals surface area (Å²) in [6.45, 7) is 0. The van der Waals surface area contributed by atoms with E-state index in [4.69, 9.17) is 4.74 Å². The molecule has 0 saturated heterocycles. The topological polar surface area (TPSA) is 96.5 Å². The molecule has 0 fully saturated rings. The van der Waals surface area contributed by atoms with Gasteiger partial charge in [-0.3, -0.25) is 5.43 Å². The molecule has 2 aromatic rings. The molecule has 2 amide bonds. The van der Waals surface area contributed by atoms with Gasteiger partial charge in [0.25, 0.3) is 10.0 Å². The van der Waals surface area contributed by atoms with Crippen molar-refractivity contribution in [3.63, 3.8) is 0 Å². The summed E-state index contributed by atoms with van der Waals surface area (Å²) >= 11 is 0. The summed E-state index contributed by atoms with van der Waals surface area (Å²) in [5.74, 6) is 0.536. The second kappa shape index (κ2) is 6.92. The Morgan fingerprint density at radius 1 is 1.00 bits per heavy atom. The second-order valence-electron chi connectivity index (χ2n) is 4.23. The Bertz CT molecular complexity index is 730. The van der Waals surface area contributed by atoms with E-state index < -0.39 is 16.1 Å². The summed E-state index contributed by atoms with van der Waals surface area (Å²) in [7, 11) is -2.37. The van der Waals surface area contributed by atoms with E-state index in [0.29, 0.717) is 11.4 Å². The smallest absolute Gasteiger partial charge is 0.334 e. The van der Waals surface area contributed by atoms with Crippen molar-refractivity contribution in [1.29, 1.82) is 0 Å². The highest BCUT2D eigenvalue weighted by Gasteiger charge is 2.15. The number of benzene rings is 2. The van der Waals surface area contributed by atoms with E-state index >= 15 is 0 Å². The maximum atomic E-state index is 12.0. The summed E-state index contributed by atoms with van der Waals surface area (Å²) in [5.41, 5.74) is 2.62. The Kier molecular flexibility index (Phi) is 4.97. The molecule has 22 heavy (non-hydrogen) atoms. The lowest BCUT2D eigenvalue weighted by Crippen LogP contribution is -2.43. The largest absolute Gasteiger partial charge is 0.497 e. The molecule has 0 unspecified atom stereocenters. The molecule has 0 aromatic heterocycles. The van der Waals surface area contributed by atoms with Crippen molar-refractivity contribution in [3.8, 4) is 5.75 Å². The van der Waals surface area contributed by atoms with E-state index in [1.54, 1.807) is 30.3 Å². The van der Waals surface area contributed by atoms with Gasteiger partial charge in [-0.05, 0) is 36.4 Å². The SMILES string of the molecule is COc1ccc(S(=O)(=O)NNC(=O)Nc2ccccc2)cc1. The van der Waals surface area contributed by atoms with Gasteiger partial charge >= 0.3 is 6.03 Å². The minimum Gasteiger partial charge on any atom is -0.497 e. The van der Waals surface area contributed by atoms with Gasteiger partial charge in [-0.2, -0.15) is 0 Å². The zero-order valence-corrected chi connectivity index (χ0v) is 12.6. The standard InChI is InChI=1S/C14H15N3O4S/c1-21-12-7-9-13(10-8-12)22(19,20)17-16-14(18)15-11-5-3-2-4-6-11/h2-10,17H,1H3,(H2,15,16,18). The molecule has 0 saturated carbocycles. The van der Waals surface area contributed by atoms with Crippen LogP contribution < -0.4 is 20.3 Å². The summed E-state index contributed by atoms with van der Waals surface area (Å²) < 4.78 is 28.9. The number of carbonyl (C=O) groups excluding carboxylic acids is 1. The number of methoxy groups -OCH3 is 1. The summed E-state index contributed by atoms with van der Waals surface area (Å²) in [4.78, 5) is 13.6. The van der Waals surface area contributed by atoms with Gasteiger partial charge in [0.05, 0.1) is 12.0 Å². The van der Waals surface area contributed by atoms with Crippen LogP contribution in [-0.4, -0.2) is 21.6 Å². The molecule has 0 atom stereocenters. The van der Waals surface area contributed by atoms with E-state index in [1.165, 1.54) is 31.4 Å². The number of amides is 2. The number of nitrogens with one attached hydrogen (secondary N) is 3. The molecule has 0 spiro atoms. The highest BCUT2D eigenvalue weighted by atomic mass is 32.2.